The highest BCUT2D eigenvalue weighted by molar-refractivity contribution is 5.69. The van der Waals surface area contributed by atoms with Crippen LogP contribution in [0.25, 0.3) is 0 Å². The fourth-order valence-corrected chi connectivity index (χ4v) is 0.482. The molecule has 2 N–H and O–H groups in total. The van der Waals surface area contributed by atoms with E-state index in [0.717, 1.165) is 0 Å². The zero-order valence-corrected chi connectivity index (χ0v) is 5.97. The van der Waals surface area contributed by atoms with Gasteiger partial charge < -0.3 is 10.5 Å². The summed E-state index contributed by atoms with van der Waals surface area (Å²) in [6, 6.07) is -0.529. The molecule has 0 aliphatic rings. The molecule has 1 atom stereocenters. The van der Waals surface area contributed by atoms with Crippen LogP contribution in [-0.2, 0) is 9.53 Å². The number of hydrogen-bond donors (Lipinski definition) is 1. The van der Waals surface area contributed by atoms with Gasteiger partial charge in [0.1, 0.15) is 6.67 Å². The van der Waals surface area contributed by atoms with E-state index in [4.69, 9.17) is 5.73 Å². The smallest absolute Gasteiger partial charge is 0.305 e. The van der Waals surface area contributed by atoms with Gasteiger partial charge in [0.05, 0.1) is 7.11 Å². The van der Waals surface area contributed by atoms with Crippen molar-refractivity contribution in [3.05, 3.63) is 0 Å². The SMILES string of the molecule is COC(=O)CCC(N)CF. The molecule has 0 aromatic rings. The Bertz CT molecular complexity index is 108. The second-order valence-electron chi connectivity index (χ2n) is 2.03. The van der Waals surface area contributed by atoms with Crippen LogP contribution in [0, 0.1) is 0 Å². The Morgan fingerprint density at radius 2 is 2.40 bits per heavy atom. The number of halogens is 1. The third kappa shape index (κ3) is 4.26. The van der Waals surface area contributed by atoms with Crippen molar-refractivity contribution in [2.45, 2.75) is 18.9 Å². The topological polar surface area (TPSA) is 52.3 Å². The molecule has 3 nitrogen and oxygen atoms in total. The summed E-state index contributed by atoms with van der Waals surface area (Å²) in [6.45, 7) is -0.586. The van der Waals surface area contributed by atoms with Crippen LogP contribution in [-0.4, -0.2) is 25.8 Å². The average molecular weight is 149 g/mol. The van der Waals surface area contributed by atoms with Crippen molar-refractivity contribution in [1.29, 1.82) is 0 Å². The molecule has 0 aromatic carbocycles. The molecule has 0 heterocycles. The van der Waals surface area contributed by atoms with Crippen molar-refractivity contribution < 1.29 is 13.9 Å². The summed E-state index contributed by atoms with van der Waals surface area (Å²) in [5.41, 5.74) is 5.19. The molecule has 0 bridgehead atoms. The molecule has 0 amide bonds. The minimum Gasteiger partial charge on any atom is -0.469 e. The fraction of sp³-hybridized carbons (Fsp3) is 0.833. The van der Waals surface area contributed by atoms with Crippen molar-refractivity contribution >= 4 is 5.97 Å². The normalized spacial score (nSPS) is 12.7. The van der Waals surface area contributed by atoms with E-state index >= 15 is 0 Å². The molecule has 0 aliphatic heterocycles. The molecule has 0 radical (unpaired) electrons. The first-order valence-electron chi connectivity index (χ1n) is 3.09. The van der Waals surface area contributed by atoms with Gasteiger partial charge in [-0.05, 0) is 6.42 Å². The highest BCUT2D eigenvalue weighted by Crippen LogP contribution is 1.96. The van der Waals surface area contributed by atoms with Crippen molar-refractivity contribution in [2.75, 3.05) is 13.8 Å². The van der Waals surface area contributed by atoms with E-state index in [1.807, 2.05) is 0 Å². The quantitative estimate of drug-likeness (QED) is 0.582. The third-order valence-electron chi connectivity index (χ3n) is 1.15. The number of hydrogen-bond acceptors (Lipinski definition) is 3. The first-order chi connectivity index (χ1) is 4.70. The molecule has 60 valence electrons. The minimum absolute atomic E-state index is 0.196. The fourth-order valence-electron chi connectivity index (χ4n) is 0.482. The lowest BCUT2D eigenvalue weighted by atomic mass is 10.2. The van der Waals surface area contributed by atoms with Crippen LogP contribution in [0.5, 0.6) is 0 Å². The largest absolute Gasteiger partial charge is 0.469 e. The van der Waals surface area contributed by atoms with Crippen LogP contribution < -0.4 is 5.73 Å². The molecular formula is C6H12FNO2. The molecule has 0 fully saturated rings. The van der Waals surface area contributed by atoms with Gasteiger partial charge in [-0.15, -0.1) is 0 Å². The number of rotatable bonds is 4. The summed E-state index contributed by atoms with van der Waals surface area (Å²) in [5.74, 6) is -0.344. The maximum absolute atomic E-state index is 11.7. The Labute approximate surface area is 59.3 Å². The van der Waals surface area contributed by atoms with E-state index in [1.165, 1.54) is 7.11 Å². The predicted octanol–water partition coefficient (Wildman–Crippen LogP) is 0.236. The van der Waals surface area contributed by atoms with E-state index in [9.17, 15) is 9.18 Å². The van der Waals surface area contributed by atoms with Gasteiger partial charge in [0.15, 0.2) is 0 Å². The van der Waals surface area contributed by atoms with Gasteiger partial charge in [-0.1, -0.05) is 0 Å². The molecule has 0 saturated heterocycles. The maximum Gasteiger partial charge on any atom is 0.305 e. The molecule has 10 heavy (non-hydrogen) atoms. The Morgan fingerprint density at radius 1 is 1.80 bits per heavy atom. The van der Waals surface area contributed by atoms with E-state index < -0.39 is 12.7 Å². The zero-order valence-electron chi connectivity index (χ0n) is 5.97. The average Bonchev–Trinajstić information content (AvgIpc) is 1.99. The van der Waals surface area contributed by atoms with E-state index in [0.29, 0.717) is 6.42 Å². The summed E-state index contributed by atoms with van der Waals surface area (Å²) >= 11 is 0. The van der Waals surface area contributed by atoms with Crippen LogP contribution in [0.15, 0.2) is 0 Å². The maximum atomic E-state index is 11.7. The van der Waals surface area contributed by atoms with Gasteiger partial charge in [-0.25, -0.2) is 4.39 Å². The molecule has 0 spiro atoms. The standard InChI is InChI=1S/C6H12FNO2/c1-10-6(9)3-2-5(8)4-7/h5H,2-4,8H2,1H3. The molecule has 0 rings (SSSR count). The van der Waals surface area contributed by atoms with Gasteiger partial charge >= 0.3 is 5.97 Å². The molecule has 0 saturated carbocycles. The van der Waals surface area contributed by atoms with Crippen molar-refractivity contribution in [1.82, 2.24) is 0 Å². The summed E-state index contributed by atoms with van der Waals surface area (Å²) < 4.78 is 16.0. The van der Waals surface area contributed by atoms with E-state index in [-0.39, 0.29) is 12.4 Å². The minimum atomic E-state index is -0.586. The lowest BCUT2D eigenvalue weighted by Gasteiger charge is -2.03. The van der Waals surface area contributed by atoms with Crippen LogP contribution in [0.1, 0.15) is 12.8 Å². The Balaban J connectivity index is 3.26. The van der Waals surface area contributed by atoms with Gasteiger partial charge in [0.2, 0.25) is 0 Å². The van der Waals surface area contributed by atoms with E-state index in [2.05, 4.69) is 4.74 Å². The highest BCUT2D eigenvalue weighted by Gasteiger charge is 2.05. The number of carbonyl (C=O) groups excluding carboxylic acids is 1. The van der Waals surface area contributed by atoms with Crippen molar-refractivity contribution in [3.8, 4) is 0 Å². The van der Waals surface area contributed by atoms with Crippen LogP contribution in [0.4, 0.5) is 4.39 Å². The zero-order chi connectivity index (χ0) is 7.98. The molecule has 1 unspecified atom stereocenters. The Hall–Kier alpha value is -0.640. The lowest BCUT2D eigenvalue weighted by molar-refractivity contribution is -0.140. The van der Waals surface area contributed by atoms with Crippen molar-refractivity contribution in [2.24, 2.45) is 5.73 Å². The summed E-state index contributed by atoms with van der Waals surface area (Å²) in [6.07, 6.45) is 0.546. The van der Waals surface area contributed by atoms with Crippen molar-refractivity contribution in [3.63, 3.8) is 0 Å². The Kier molecular flexibility index (Phi) is 4.84. The van der Waals surface area contributed by atoms with Crippen LogP contribution in [0.2, 0.25) is 0 Å². The number of alkyl halides is 1. The number of nitrogens with two attached hydrogens (primary N) is 1. The summed E-state index contributed by atoms with van der Waals surface area (Å²) in [7, 11) is 1.29. The van der Waals surface area contributed by atoms with Gasteiger partial charge in [-0.2, -0.15) is 0 Å². The van der Waals surface area contributed by atoms with Gasteiger partial charge in [0.25, 0.3) is 0 Å². The molecular weight excluding hydrogens is 137 g/mol. The molecule has 0 aliphatic carbocycles. The van der Waals surface area contributed by atoms with Gasteiger partial charge in [0, 0.05) is 12.5 Å². The predicted molar refractivity (Wildman–Crippen MR) is 35.2 cm³/mol. The van der Waals surface area contributed by atoms with Crippen LogP contribution >= 0.6 is 0 Å². The monoisotopic (exact) mass is 149 g/mol. The Morgan fingerprint density at radius 3 is 2.80 bits per heavy atom. The number of carbonyl (C=O) groups is 1. The van der Waals surface area contributed by atoms with Crippen LogP contribution in [0.3, 0.4) is 0 Å². The lowest BCUT2D eigenvalue weighted by Crippen LogP contribution is -2.23. The third-order valence-corrected chi connectivity index (χ3v) is 1.15. The van der Waals surface area contributed by atoms with E-state index in [1.54, 1.807) is 0 Å². The first-order valence-corrected chi connectivity index (χ1v) is 3.09. The second kappa shape index (κ2) is 5.17. The summed E-state index contributed by atoms with van der Waals surface area (Å²) in [4.78, 5) is 10.4. The first kappa shape index (κ1) is 9.36. The molecule has 4 heteroatoms. The second-order valence-corrected chi connectivity index (χ2v) is 2.03. The summed E-state index contributed by atoms with van der Waals surface area (Å²) in [5, 5.41) is 0. The number of methoxy groups -OCH3 is 1. The molecule has 0 aromatic heterocycles. The number of esters is 1. The number of ether oxygens (including phenoxy) is 1. The highest BCUT2D eigenvalue weighted by atomic mass is 19.1. The van der Waals surface area contributed by atoms with Gasteiger partial charge in [-0.3, -0.25) is 4.79 Å².